The molecule has 41 heavy (non-hydrogen) atoms. The molecule has 0 spiro atoms. The van der Waals surface area contributed by atoms with Gasteiger partial charge in [0.1, 0.15) is 17.9 Å². The van der Waals surface area contributed by atoms with Gasteiger partial charge in [0.25, 0.3) is 0 Å². The highest BCUT2D eigenvalue weighted by atomic mass is 19.1. The minimum absolute atomic E-state index is 0.161. The van der Waals surface area contributed by atoms with Crippen molar-refractivity contribution in [3.8, 4) is 0 Å². The van der Waals surface area contributed by atoms with E-state index in [-0.39, 0.29) is 43.8 Å². The SMILES string of the molecule is CCCC1C(=O)N(CC(Cc2ccc3ccccc3c2)C(N)=O)CCN1C(=O)C(Cc1ccc(F)cc1)NC(C)=O. The Bertz CT molecular complexity index is 1410. The fourth-order valence-electron chi connectivity index (χ4n) is 5.51. The summed E-state index contributed by atoms with van der Waals surface area (Å²) in [5, 5.41) is 4.87. The Kier molecular flexibility index (Phi) is 9.70. The second-order valence-electron chi connectivity index (χ2n) is 10.7. The standard InChI is InChI=1S/C32H37FN4O4/c1-3-6-29-32(41)36(20-26(30(34)39)18-23-9-12-24-7-4-5-8-25(24)17-23)15-16-37(29)31(40)28(35-21(2)38)19-22-10-13-27(33)14-11-22/h4-5,7-14,17,26,28-29H,3,6,15-16,18-20H2,1-2H3,(H2,34,39)(H,35,38). The topological polar surface area (TPSA) is 113 Å². The number of nitrogens with one attached hydrogen (secondary N) is 1. The zero-order valence-corrected chi connectivity index (χ0v) is 23.5. The normalized spacial score (nSPS) is 16.9. The number of hydrogen-bond acceptors (Lipinski definition) is 4. The van der Waals surface area contributed by atoms with E-state index in [4.69, 9.17) is 5.73 Å². The van der Waals surface area contributed by atoms with E-state index in [1.54, 1.807) is 17.0 Å². The van der Waals surface area contributed by atoms with Crippen molar-refractivity contribution in [2.45, 2.75) is 51.6 Å². The van der Waals surface area contributed by atoms with Crippen molar-refractivity contribution in [3.05, 3.63) is 83.7 Å². The molecule has 4 amide bonds. The van der Waals surface area contributed by atoms with Crippen molar-refractivity contribution in [3.63, 3.8) is 0 Å². The molecule has 0 bridgehead atoms. The highest BCUT2D eigenvalue weighted by Crippen LogP contribution is 2.22. The molecule has 9 heteroatoms. The second-order valence-corrected chi connectivity index (χ2v) is 10.7. The van der Waals surface area contributed by atoms with Gasteiger partial charge in [0, 0.05) is 33.0 Å². The van der Waals surface area contributed by atoms with Crippen LogP contribution in [0, 0.1) is 11.7 Å². The summed E-state index contributed by atoms with van der Waals surface area (Å²) < 4.78 is 13.4. The van der Waals surface area contributed by atoms with Gasteiger partial charge >= 0.3 is 0 Å². The number of amides is 4. The quantitative estimate of drug-likeness (QED) is 0.375. The number of carbonyl (C=O) groups excluding carboxylic acids is 4. The van der Waals surface area contributed by atoms with Crippen molar-refractivity contribution < 1.29 is 23.6 Å². The van der Waals surface area contributed by atoms with Crippen molar-refractivity contribution in [2.24, 2.45) is 11.7 Å². The second kappa shape index (κ2) is 13.4. The van der Waals surface area contributed by atoms with Gasteiger partial charge in [0.05, 0.1) is 5.92 Å². The minimum atomic E-state index is -0.900. The minimum Gasteiger partial charge on any atom is -0.369 e. The number of piperazine rings is 1. The Morgan fingerprint density at radius 1 is 0.976 bits per heavy atom. The monoisotopic (exact) mass is 560 g/mol. The van der Waals surface area contributed by atoms with Crippen LogP contribution in [0.15, 0.2) is 66.7 Å². The number of carbonyl (C=O) groups is 4. The number of fused-ring (bicyclic) bond motifs is 1. The van der Waals surface area contributed by atoms with Crippen molar-refractivity contribution >= 4 is 34.4 Å². The molecule has 3 atom stereocenters. The first-order valence-corrected chi connectivity index (χ1v) is 14.0. The molecule has 0 aromatic heterocycles. The highest BCUT2D eigenvalue weighted by molar-refractivity contribution is 5.93. The van der Waals surface area contributed by atoms with Crippen molar-refractivity contribution in [1.82, 2.24) is 15.1 Å². The fraction of sp³-hybridized carbons (Fsp3) is 0.375. The predicted molar refractivity (Wildman–Crippen MR) is 155 cm³/mol. The van der Waals surface area contributed by atoms with Gasteiger partial charge in [-0.3, -0.25) is 19.2 Å². The molecule has 0 radical (unpaired) electrons. The average molecular weight is 561 g/mol. The summed E-state index contributed by atoms with van der Waals surface area (Å²) in [5.41, 5.74) is 7.44. The Balaban J connectivity index is 1.49. The van der Waals surface area contributed by atoms with Gasteiger partial charge in [-0.2, -0.15) is 0 Å². The Hall–Kier alpha value is -4.27. The average Bonchev–Trinajstić information content (AvgIpc) is 2.95. The molecule has 4 rings (SSSR count). The van der Waals surface area contributed by atoms with Crippen LogP contribution in [0.25, 0.3) is 10.8 Å². The molecule has 3 aromatic rings. The fourth-order valence-corrected chi connectivity index (χ4v) is 5.51. The summed E-state index contributed by atoms with van der Waals surface area (Å²) in [6, 6.07) is 18.1. The summed E-state index contributed by atoms with van der Waals surface area (Å²) >= 11 is 0. The summed E-state index contributed by atoms with van der Waals surface area (Å²) in [6.07, 6.45) is 1.66. The van der Waals surface area contributed by atoms with Crippen molar-refractivity contribution in [2.75, 3.05) is 19.6 Å². The first-order valence-electron chi connectivity index (χ1n) is 14.0. The van der Waals surface area contributed by atoms with Gasteiger partial charge in [-0.15, -0.1) is 0 Å². The van der Waals surface area contributed by atoms with Crippen LogP contribution in [-0.4, -0.2) is 65.1 Å². The molecular weight excluding hydrogens is 523 g/mol. The number of benzene rings is 3. The van der Waals surface area contributed by atoms with Gasteiger partial charge in [-0.25, -0.2) is 4.39 Å². The molecule has 3 unspecified atom stereocenters. The zero-order valence-electron chi connectivity index (χ0n) is 23.5. The third-order valence-electron chi connectivity index (χ3n) is 7.60. The van der Waals surface area contributed by atoms with Gasteiger partial charge < -0.3 is 20.9 Å². The Morgan fingerprint density at radius 3 is 2.32 bits per heavy atom. The lowest BCUT2D eigenvalue weighted by Crippen LogP contribution is -2.63. The number of hydrogen-bond donors (Lipinski definition) is 2. The first-order chi connectivity index (χ1) is 19.7. The largest absolute Gasteiger partial charge is 0.369 e. The molecule has 3 aromatic carbocycles. The Morgan fingerprint density at radius 2 is 1.66 bits per heavy atom. The summed E-state index contributed by atoms with van der Waals surface area (Å²) in [7, 11) is 0. The molecule has 0 saturated carbocycles. The third kappa shape index (κ3) is 7.48. The smallest absolute Gasteiger partial charge is 0.246 e. The molecule has 3 N–H and O–H groups in total. The Labute approximate surface area is 239 Å². The molecule has 1 aliphatic rings. The van der Waals surface area contributed by atoms with Crippen molar-refractivity contribution in [1.29, 1.82) is 0 Å². The van der Waals surface area contributed by atoms with Crippen LogP contribution < -0.4 is 11.1 Å². The van der Waals surface area contributed by atoms with Crippen LogP contribution in [0.3, 0.4) is 0 Å². The molecular formula is C32H37FN4O4. The van der Waals surface area contributed by atoms with Crippen LogP contribution in [0.5, 0.6) is 0 Å². The van der Waals surface area contributed by atoms with Gasteiger partial charge in [-0.05, 0) is 46.9 Å². The van der Waals surface area contributed by atoms with E-state index < -0.39 is 29.7 Å². The maximum Gasteiger partial charge on any atom is 0.246 e. The number of halogens is 1. The van der Waals surface area contributed by atoms with Gasteiger partial charge in [-0.1, -0.05) is 67.9 Å². The summed E-state index contributed by atoms with van der Waals surface area (Å²) in [5.74, 6) is -2.44. The summed E-state index contributed by atoms with van der Waals surface area (Å²) in [4.78, 5) is 55.0. The first kappa shape index (κ1) is 29.7. The molecule has 0 aliphatic carbocycles. The number of rotatable bonds is 11. The lowest BCUT2D eigenvalue weighted by molar-refractivity contribution is -0.154. The van der Waals surface area contributed by atoms with E-state index in [1.807, 2.05) is 49.4 Å². The number of nitrogens with zero attached hydrogens (tertiary/aromatic N) is 2. The molecule has 216 valence electrons. The highest BCUT2D eigenvalue weighted by Gasteiger charge is 2.40. The van der Waals surface area contributed by atoms with Crippen LogP contribution in [0.4, 0.5) is 4.39 Å². The molecule has 1 aliphatic heterocycles. The van der Waals surface area contributed by atoms with E-state index in [0.29, 0.717) is 24.8 Å². The van der Waals surface area contributed by atoms with Crippen LogP contribution in [0.2, 0.25) is 0 Å². The molecule has 1 fully saturated rings. The van der Waals surface area contributed by atoms with Crippen LogP contribution in [-0.2, 0) is 32.0 Å². The van der Waals surface area contributed by atoms with E-state index in [9.17, 15) is 23.6 Å². The molecule has 8 nitrogen and oxygen atoms in total. The van der Waals surface area contributed by atoms with E-state index >= 15 is 0 Å². The zero-order chi connectivity index (χ0) is 29.5. The van der Waals surface area contributed by atoms with E-state index in [1.165, 1.54) is 24.0 Å². The van der Waals surface area contributed by atoms with E-state index in [2.05, 4.69) is 5.32 Å². The van der Waals surface area contributed by atoms with Crippen LogP contribution in [0.1, 0.15) is 37.8 Å². The maximum atomic E-state index is 13.7. The number of primary amides is 1. The lowest BCUT2D eigenvalue weighted by atomic mass is 9.95. The molecule has 1 heterocycles. The van der Waals surface area contributed by atoms with Gasteiger partial charge in [0.2, 0.25) is 23.6 Å². The number of nitrogens with two attached hydrogens (primary N) is 1. The predicted octanol–water partition coefficient (Wildman–Crippen LogP) is 3.21. The maximum absolute atomic E-state index is 13.7. The third-order valence-corrected chi connectivity index (χ3v) is 7.60. The van der Waals surface area contributed by atoms with Crippen LogP contribution >= 0.6 is 0 Å². The lowest BCUT2D eigenvalue weighted by Gasteiger charge is -2.42. The molecule has 1 saturated heterocycles. The van der Waals surface area contributed by atoms with E-state index in [0.717, 1.165) is 16.3 Å². The van der Waals surface area contributed by atoms with Gasteiger partial charge in [0.15, 0.2) is 0 Å². The summed E-state index contributed by atoms with van der Waals surface area (Å²) in [6.45, 7) is 3.93.